The van der Waals surface area contributed by atoms with Crippen molar-refractivity contribution in [1.29, 1.82) is 0 Å². The Hall–Kier alpha value is -2.89. The first-order chi connectivity index (χ1) is 13.1. The van der Waals surface area contributed by atoms with E-state index in [1.807, 2.05) is 24.3 Å². The number of amides is 1. The lowest BCUT2D eigenvalue weighted by Gasteiger charge is -2.18. The van der Waals surface area contributed by atoms with Crippen LogP contribution in [0.3, 0.4) is 0 Å². The molecule has 0 unspecified atom stereocenters. The molecule has 2 aliphatic carbocycles. The van der Waals surface area contributed by atoms with Crippen molar-refractivity contribution in [2.45, 2.75) is 19.4 Å². The molecule has 140 valence electrons. The van der Waals surface area contributed by atoms with Crippen LogP contribution in [0.4, 0.5) is 0 Å². The fourth-order valence-electron chi connectivity index (χ4n) is 4.04. The largest absolute Gasteiger partial charge is 0.497 e. The van der Waals surface area contributed by atoms with Crippen LogP contribution in [0.25, 0.3) is 11.3 Å². The molecule has 1 aromatic carbocycles. The Morgan fingerprint density at radius 3 is 2.67 bits per heavy atom. The third-order valence-corrected chi connectivity index (χ3v) is 5.52. The fraction of sp³-hybridized carbons (Fsp3) is 0.381. The minimum atomic E-state index is -0.287. The molecule has 2 bridgehead atoms. The molecule has 1 N–H and O–H groups in total. The van der Waals surface area contributed by atoms with Crippen LogP contribution in [0.5, 0.6) is 5.75 Å². The zero-order valence-corrected chi connectivity index (χ0v) is 15.3. The second-order valence-electron chi connectivity index (χ2n) is 7.29. The number of allylic oxidation sites excluding steroid dienone is 2. The van der Waals surface area contributed by atoms with E-state index in [1.54, 1.807) is 13.2 Å². The molecule has 1 aromatic heterocycles. The highest BCUT2D eigenvalue weighted by atomic mass is 16.5. The second-order valence-corrected chi connectivity index (χ2v) is 7.29. The van der Waals surface area contributed by atoms with Crippen LogP contribution in [0.1, 0.15) is 12.8 Å². The van der Waals surface area contributed by atoms with Gasteiger partial charge in [-0.15, -0.1) is 0 Å². The van der Waals surface area contributed by atoms with E-state index in [0.29, 0.717) is 30.0 Å². The zero-order valence-electron chi connectivity index (χ0n) is 15.3. The van der Waals surface area contributed by atoms with Crippen LogP contribution in [0, 0.1) is 17.8 Å². The van der Waals surface area contributed by atoms with Gasteiger partial charge in [0, 0.05) is 18.2 Å². The summed E-state index contributed by atoms with van der Waals surface area (Å²) in [6.45, 7) is 0.594. The molecule has 0 spiro atoms. The summed E-state index contributed by atoms with van der Waals surface area (Å²) in [6, 6.07) is 10.5. The molecule has 1 heterocycles. The van der Waals surface area contributed by atoms with E-state index in [1.165, 1.54) is 17.2 Å². The number of nitrogens with one attached hydrogen (secondary N) is 1. The summed E-state index contributed by atoms with van der Waals surface area (Å²) in [4.78, 5) is 24.4. The third-order valence-electron chi connectivity index (χ3n) is 5.52. The second kappa shape index (κ2) is 7.39. The SMILES string of the molecule is COc1ccc(-c2ccc(=O)n(CC(=O)NC[C@@H]3C[C@@H]4C=C[C@H]3C4)n2)cc1. The van der Waals surface area contributed by atoms with Crippen molar-refractivity contribution in [1.82, 2.24) is 15.1 Å². The van der Waals surface area contributed by atoms with Crippen LogP contribution in [-0.2, 0) is 11.3 Å². The summed E-state index contributed by atoms with van der Waals surface area (Å²) in [6.07, 6.45) is 6.92. The van der Waals surface area contributed by atoms with Gasteiger partial charge in [-0.1, -0.05) is 12.2 Å². The highest BCUT2D eigenvalue weighted by Gasteiger charge is 2.35. The molecule has 1 saturated carbocycles. The number of aromatic nitrogens is 2. The molecular formula is C21H23N3O3. The van der Waals surface area contributed by atoms with E-state index < -0.39 is 0 Å². The third kappa shape index (κ3) is 3.79. The van der Waals surface area contributed by atoms with Crippen molar-refractivity contribution in [2.75, 3.05) is 13.7 Å². The van der Waals surface area contributed by atoms with Gasteiger partial charge in [0.05, 0.1) is 12.8 Å². The smallest absolute Gasteiger partial charge is 0.267 e. The van der Waals surface area contributed by atoms with E-state index in [9.17, 15) is 9.59 Å². The lowest BCUT2D eigenvalue weighted by atomic mass is 9.94. The highest BCUT2D eigenvalue weighted by Crippen LogP contribution is 2.42. The molecule has 2 aliphatic rings. The fourth-order valence-corrected chi connectivity index (χ4v) is 4.04. The number of hydrogen-bond donors (Lipinski definition) is 1. The number of benzene rings is 1. The van der Waals surface area contributed by atoms with Crippen molar-refractivity contribution < 1.29 is 9.53 Å². The molecule has 0 aliphatic heterocycles. The number of carbonyl (C=O) groups is 1. The quantitative estimate of drug-likeness (QED) is 0.797. The van der Waals surface area contributed by atoms with Gasteiger partial charge < -0.3 is 10.1 Å². The van der Waals surface area contributed by atoms with Gasteiger partial charge >= 0.3 is 0 Å². The first kappa shape index (κ1) is 17.5. The summed E-state index contributed by atoms with van der Waals surface area (Å²) in [5.74, 6) is 2.36. The van der Waals surface area contributed by atoms with Crippen LogP contribution in [0.2, 0.25) is 0 Å². The van der Waals surface area contributed by atoms with Gasteiger partial charge in [-0.2, -0.15) is 5.10 Å². The highest BCUT2D eigenvalue weighted by molar-refractivity contribution is 5.75. The number of nitrogens with zero attached hydrogens (tertiary/aromatic N) is 2. The van der Waals surface area contributed by atoms with Gasteiger partial charge in [0.1, 0.15) is 12.3 Å². The molecule has 0 saturated heterocycles. The lowest BCUT2D eigenvalue weighted by Crippen LogP contribution is -2.36. The average molecular weight is 365 g/mol. The van der Waals surface area contributed by atoms with Crippen molar-refractivity contribution in [3.8, 4) is 17.0 Å². The Morgan fingerprint density at radius 2 is 2.00 bits per heavy atom. The van der Waals surface area contributed by atoms with Crippen molar-refractivity contribution >= 4 is 5.91 Å². The van der Waals surface area contributed by atoms with Crippen molar-refractivity contribution in [3.05, 3.63) is 58.9 Å². The average Bonchev–Trinajstić information content (AvgIpc) is 3.31. The van der Waals surface area contributed by atoms with E-state index in [-0.39, 0.29) is 18.0 Å². The molecule has 2 aromatic rings. The molecule has 6 heteroatoms. The minimum absolute atomic E-state index is 0.0700. The molecular weight excluding hydrogens is 342 g/mol. The maximum absolute atomic E-state index is 12.3. The molecule has 0 radical (unpaired) electrons. The van der Waals surface area contributed by atoms with Crippen LogP contribution in [0.15, 0.2) is 53.3 Å². The van der Waals surface area contributed by atoms with Crippen LogP contribution < -0.4 is 15.6 Å². The topological polar surface area (TPSA) is 73.2 Å². The Bertz CT molecular complexity index is 917. The Kier molecular flexibility index (Phi) is 4.79. The summed E-state index contributed by atoms with van der Waals surface area (Å²) in [7, 11) is 1.61. The number of carbonyl (C=O) groups excluding carboxylic acids is 1. The number of fused-ring (bicyclic) bond motifs is 2. The van der Waals surface area contributed by atoms with E-state index in [0.717, 1.165) is 17.7 Å². The normalized spacial score (nSPS) is 22.8. The monoisotopic (exact) mass is 365 g/mol. The Labute approximate surface area is 157 Å². The van der Waals surface area contributed by atoms with Gasteiger partial charge in [-0.3, -0.25) is 9.59 Å². The van der Waals surface area contributed by atoms with Gasteiger partial charge in [-0.05, 0) is 60.9 Å². The first-order valence-electron chi connectivity index (χ1n) is 9.30. The zero-order chi connectivity index (χ0) is 18.8. The Morgan fingerprint density at radius 1 is 1.19 bits per heavy atom. The van der Waals surface area contributed by atoms with Gasteiger partial charge in [0.2, 0.25) is 5.91 Å². The Balaban J connectivity index is 1.41. The van der Waals surface area contributed by atoms with E-state index >= 15 is 0 Å². The number of hydrogen-bond acceptors (Lipinski definition) is 4. The minimum Gasteiger partial charge on any atom is -0.497 e. The molecule has 4 rings (SSSR count). The van der Waals surface area contributed by atoms with Gasteiger partial charge in [0.15, 0.2) is 0 Å². The van der Waals surface area contributed by atoms with Crippen LogP contribution in [-0.4, -0.2) is 29.3 Å². The van der Waals surface area contributed by atoms with Gasteiger partial charge in [0.25, 0.3) is 5.56 Å². The summed E-state index contributed by atoms with van der Waals surface area (Å²) < 4.78 is 6.37. The van der Waals surface area contributed by atoms with E-state index in [2.05, 4.69) is 22.6 Å². The van der Waals surface area contributed by atoms with Crippen molar-refractivity contribution in [2.24, 2.45) is 17.8 Å². The summed E-state index contributed by atoms with van der Waals surface area (Å²) in [5.41, 5.74) is 1.22. The molecule has 27 heavy (non-hydrogen) atoms. The molecule has 1 fully saturated rings. The summed E-state index contributed by atoms with van der Waals surface area (Å²) >= 11 is 0. The number of ether oxygens (including phenoxy) is 1. The standard InChI is InChI=1S/C21H23N3O3/c1-27-18-6-4-15(5-7-18)19-8-9-21(26)24(23-19)13-20(25)22-12-17-11-14-2-3-16(17)10-14/h2-9,14,16-17H,10-13H2,1H3,(H,22,25)/t14-,16+,17+/m1/s1. The number of methoxy groups -OCH3 is 1. The number of rotatable bonds is 6. The van der Waals surface area contributed by atoms with Gasteiger partial charge in [-0.25, -0.2) is 4.68 Å². The lowest BCUT2D eigenvalue weighted by molar-refractivity contribution is -0.122. The predicted octanol–water partition coefficient (Wildman–Crippen LogP) is 2.25. The first-order valence-corrected chi connectivity index (χ1v) is 9.30. The maximum Gasteiger partial charge on any atom is 0.267 e. The molecule has 6 nitrogen and oxygen atoms in total. The maximum atomic E-state index is 12.3. The summed E-state index contributed by atoms with van der Waals surface area (Å²) in [5, 5.41) is 7.32. The molecule has 1 amide bonds. The van der Waals surface area contributed by atoms with E-state index in [4.69, 9.17) is 4.74 Å². The molecule has 3 atom stereocenters. The predicted molar refractivity (Wildman–Crippen MR) is 102 cm³/mol. The van der Waals surface area contributed by atoms with Crippen LogP contribution >= 0.6 is 0 Å². The van der Waals surface area contributed by atoms with Crippen molar-refractivity contribution in [3.63, 3.8) is 0 Å².